The minimum atomic E-state index is -0.548. The molecule has 1 unspecified atom stereocenters. The summed E-state index contributed by atoms with van der Waals surface area (Å²) in [7, 11) is 0. The summed E-state index contributed by atoms with van der Waals surface area (Å²) >= 11 is 0. The molecular formula is C16H23NO4. The van der Waals surface area contributed by atoms with Crippen LogP contribution in [0.5, 0.6) is 0 Å². The lowest BCUT2D eigenvalue weighted by Crippen LogP contribution is -2.24. The Morgan fingerprint density at radius 1 is 1.43 bits per heavy atom. The van der Waals surface area contributed by atoms with Crippen LogP contribution in [0.15, 0.2) is 30.7 Å². The van der Waals surface area contributed by atoms with Crippen molar-refractivity contribution in [2.45, 2.75) is 39.2 Å². The van der Waals surface area contributed by atoms with Gasteiger partial charge in [-0.15, -0.1) is 0 Å². The van der Waals surface area contributed by atoms with E-state index in [1.165, 1.54) is 0 Å². The molecule has 0 heterocycles. The summed E-state index contributed by atoms with van der Waals surface area (Å²) in [6, 6.07) is 5.03. The van der Waals surface area contributed by atoms with Gasteiger partial charge in [-0.25, -0.2) is 4.79 Å². The van der Waals surface area contributed by atoms with Gasteiger partial charge in [0.25, 0.3) is 5.95 Å². The normalized spacial score (nSPS) is 12.6. The number of ether oxygens (including phenoxy) is 2. The van der Waals surface area contributed by atoms with E-state index in [1.54, 1.807) is 18.2 Å². The van der Waals surface area contributed by atoms with Gasteiger partial charge < -0.3 is 20.3 Å². The number of nitrogen functional groups attached to an aromatic ring is 1. The average molecular weight is 293 g/mol. The first-order valence-corrected chi connectivity index (χ1v) is 6.73. The molecule has 0 aliphatic carbocycles. The Labute approximate surface area is 125 Å². The Kier molecular flexibility index (Phi) is 5.24. The van der Waals surface area contributed by atoms with Crippen LogP contribution >= 0.6 is 0 Å². The molecule has 0 aliphatic heterocycles. The first-order chi connectivity index (χ1) is 9.60. The fraction of sp³-hybridized carbons (Fsp3) is 0.438. The molecule has 0 radical (unpaired) electrons. The lowest BCUT2D eigenvalue weighted by Gasteiger charge is -2.20. The monoisotopic (exact) mass is 293 g/mol. The van der Waals surface area contributed by atoms with Gasteiger partial charge in [0.1, 0.15) is 5.60 Å². The molecule has 1 aromatic rings. The maximum Gasteiger partial charge on any atom is 0.338 e. The molecular weight excluding hydrogens is 270 g/mol. The number of hydrogen-bond acceptors (Lipinski definition) is 5. The fourth-order valence-corrected chi connectivity index (χ4v) is 1.80. The molecule has 0 saturated heterocycles. The molecule has 0 bridgehead atoms. The van der Waals surface area contributed by atoms with E-state index >= 15 is 0 Å². The first-order valence-electron chi connectivity index (χ1n) is 6.73. The van der Waals surface area contributed by atoms with E-state index in [4.69, 9.17) is 20.3 Å². The highest BCUT2D eigenvalue weighted by Gasteiger charge is 2.19. The second kappa shape index (κ2) is 6.52. The number of nitrogens with two attached hydrogens (primary N) is 1. The van der Waals surface area contributed by atoms with Gasteiger partial charge in [-0.2, -0.15) is 0 Å². The molecule has 5 heteroatoms. The summed E-state index contributed by atoms with van der Waals surface area (Å²) in [5, 5.41) is 8.93. The van der Waals surface area contributed by atoms with Gasteiger partial charge >= 0.3 is 5.97 Å². The van der Waals surface area contributed by atoms with Crippen LogP contribution in [0.4, 0.5) is 5.69 Å². The second-order valence-corrected chi connectivity index (χ2v) is 5.95. The van der Waals surface area contributed by atoms with Crippen LogP contribution in [0.3, 0.4) is 0 Å². The van der Waals surface area contributed by atoms with E-state index in [9.17, 15) is 4.79 Å². The number of aliphatic hydroxyl groups is 1. The average Bonchev–Trinajstić information content (AvgIpc) is 2.33. The van der Waals surface area contributed by atoms with Crippen LogP contribution < -0.4 is 5.73 Å². The van der Waals surface area contributed by atoms with Crippen molar-refractivity contribution in [3.63, 3.8) is 0 Å². The van der Waals surface area contributed by atoms with Gasteiger partial charge in [0, 0.05) is 11.6 Å². The lowest BCUT2D eigenvalue weighted by molar-refractivity contribution is 0.00695. The van der Waals surface area contributed by atoms with E-state index in [-0.39, 0.29) is 18.5 Å². The second-order valence-electron chi connectivity index (χ2n) is 5.95. The smallest absolute Gasteiger partial charge is 0.338 e. The van der Waals surface area contributed by atoms with E-state index in [1.807, 2.05) is 27.7 Å². The summed E-state index contributed by atoms with van der Waals surface area (Å²) < 4.78 is 10.3. The Morgan fingerprint density at radius 3 is 2.52 bits per heavy atom. The SMILES string of the molecule is C=C(O)OCC(C)c1ccc(C(=O)OC(C)(C)C)cc1N. The number of esters is 1. The summed E-state index contributed by atoms with van der Waals surface area (Å²) in [5.41, 5.74) is 7.16. The summed E-state index contributed by atoms with van der Waals surface area (Å²) in [5.74, 6) is -0.777. The van der Waals surface area contributed by atoms with Gasteiger partial charge in [0.2, 0.25) is 0 Å². The quantitative estimate of drug-likeness (QED) is 0.494. The standard InChI is InChI=1S/C16H23NO4/c1-10(9-20-11(2)18)13-7-6-12(8-14(13)17)15(19)21-16(3,4)5/h6-8,10,18H,2,9,17H2,1,3-5H3. The topological polar surface area (TPSA) is 81.8 Å². The van der Waals surface area contributed by atoms with Crippen molar-refractivity contribution in [2.24, 2.45) is 0 Å². The molecule has 5 nitrogen and oxygen atoms in total. The van der Waals surface area contributed by atoms with E-state index in [2.05, 4.69) is 6.58 Å². The maximum atomic E-state index is 12.0. The van der Waals surface area contributed by atoms with Crippen LogP contribution in [0, 0.1) is 0 Å². The number of benzene rings is 1. The van der Waals surface area contributed by atoms with E-state index in [0.29, 0.717) is 11.3 Å². The fourth-order valence-electron chi connectivity index (χ4n) is 1.80. The number of hydrogen-bond donors (Lipinski definition) is 2. The highest BCUT2D eigenvalue weighted by atomic mass is 16.6. The number of anilines is 1. The van der Waals surface area contributed by atoms with Crippen molar-refractivity contribution >= 4 is 11.7 Å². The van der Waals surface area contributed by atoms with Crippen molar-refractivity contribution in [1.29, 1.82) is 0 Å². The molecule has 0 spiro atoms. The highest BCUT2D eigenvalue weighted by molar-refractivity contribution is 5.91. The Balaban J connectivity index is 2.85. The molecule has 3 N–H and O–H groups in total. The van der Waals surface area contributed by atoms with Crippen molar-refractivity contribution in [1.82, 2.24) is 0 Å². The molecule has 0 aromatic heterocycles. The van der Waals surface area contributed by atoms with Crippen molar-refractivity contribution in [3.05, 3.63) is 41.9 Å². The van der Waals surface area contributed by atoms with Gasteiger partial charge in [0.05, 0.1) is 12.2 Å². The summed E-state index contributed by atoms with van der Waals surface area (Å²) in [6.45, 7) is 10.8. The van der Waals surface area contributed by atoms with E-state index in [0.717, 1.165) is 5.56 Å². The van der Waals surface area contributed by atoms with Crippen LogP contribution in [0.25, 0.3) is 0 Å². The summed E-state index contributed by atoms with van der Waals surface area (Å²) in [4.78, 5) is 12.0. The van der Waals surface area contributed by atoms with Crippen LogP contribution in [-0.2, 0) is 9.47 Å². The van der Waals surface area contributed by atoms with Crippen molar-refractivity contribution in [2.75, 3.05) is 12.3 Å². The molecule has 116 valence electrons. The third kappa shape index (κ3) is 5.38. The molecule has 21 heavy (non-hydrogen) atoms. The van der Waals surface area contributed by atoms with Crippen LogP contribution in [0.1, 0.15) is 49.5 Å². The number of aliphatic hydroxyl groups excluding tert-OH is 1. The molecule has 0 fully saturated rings. The predicted octanol–water partition coefficient (Wildman–Crippen LogP) is 3.37. The minimum Gasteiger partial charge on any atom is -0.481 e. The van der Waals surface area contributed by atoms with Crippen LogP contribution in [0.2, 0.25) is 0 Å². The van der Waals surface area contributed by atoms with Gasteiger partial charge in [-0.1, -0.05) is 13.0 Å². The number of carbonyl (C=O) groups excluding carboxylic acids is 1. The third-order valence-electron chi connectivity index (χ3n) is 2.75. The first kappa shape index (κ1) is 16.9. The van der Waals surface area contributed by atoms with Gasteiger partial charge in [-0.05, 0) is 45.0 Å². The van der Waals surface area contributed by atoms with Gasteiger partial charge in [-0.3, -0.25) is 0 Å². The zero-order chi connectivity index (χ0) is 16.2. The van der Waals surface area contributed by atoms with Crippen molar-refractivity contribution in [3.8, 4) is 0 Å². The zero-order valence-electron chi connectivity index (χ0n) is 13.0. The summed E-state index contributed by atoms with van der Waals surface area (Å²) in [6.07, 6.45) is 0. The Morgan fingerprint density at radius 2 is 2.05 bits per heavy atom. The van der Waals surface area contributed by atoms with Crippen molar-refractivity contribution < 1.29 is 19.4 Å². The predicted molar refractivity (Wildman–Crippen MR) is 82.2 cm³/mol. The highest BCUT2D eigenvalue weighted by Crippen LogP contribution is 2.25. The molecule has 1 aromatic carbocycles. The maximum absolute atomic E-state index is 12.0. The lowest BCUT2D eigenvalue weighted by atomic mass is 9.98. The number of carbonyl (C=O) groups is 1. The molecule has 1 atom stereocenters. The third-order valence-corrected chi connectivity index (χ3v) is 2.75. The minimum absolute atomic E-state index is 0.0402. The molecule has 1 rings (SSSR count). The molecule has 0 saturated carbocycles. The Hall–Kier alpha value is -2.17. The zero-order valence-corrected chi connectivity index (χ0v) is 13.0. The van der Waals surface area contributed by atoms with Crippen LogP contribution in [-0.4, -0.2) is 23.3 Å². The molecule has 0 aliphatic rings. The van der Waals surface area contributed by atoms with Gasteiger partial charge in [0.15, 0.2) is 0 Å². The van der Waals surface area contributed by atoms with E-state index < -0.39 is 11.6 Å². The largest absolute Gasteiger partial charge is 0.481 e. The Bertz CT molecular complexity index is 532. The molecule has 0 amide bonds. The number of rotatable bonds is 5.